The summed E-state index contributed by atoms with van der Waals surface area (Å²) in [6, 6.07) is -0.952. The molecule has 0 aromatic carbocycles. The number of rotatable bonds is 56. The fourth-order valence-corrected chi connectivity index (χ4v) is 10.9. The van der Waals surface area contributed by atoms with Crippen LogP contribution in [-0.4, -0.2) is 140 Å². The lowest BCUT2D eigenvalue weighted by Crippen LogP contribution is -2.65. The number of aliphatic hydroxyl groups is 8. The van der Waals surface area contributed by atoms with Gasteiger partial charge in [-0.25, -0.2) is 0 Å². The normalized spacial score (nSPS) is 23.9. The summed E-state index contributed by atoms with van der Waals surface area (Å²) >= 11 is 0. The second kappa shape index (κ2) is 56.9. The number of nitrogens with one attached hydrogen (secondary N) is 1. The Morgan fingerprint density at radius 1 is 0.425 bits per heavy atom. The van der Waals surface area contributed by atoms with Gasteiger partial charge < -0.3 is 65.1 Å². The van der Waals surface area contributed by atoms with E-state index in [1.165, 1.54) is 128 Å². The lowest BCUT2D eigenvalue weighted by molar-refractivity contribution is -0.359. The van der Waals surface area contributed by atoms with Crippen LogP contribution in [0.5, 0.6) is 0 Å². The van der Waals surface area contributed by atoms with Gasteiger partial charge in [-0.15, -0.1) is 0 Å². The third-order valence-electron chi connectivity index (χ3n) is 16.5. The van der Waals surface area contributed by atoms with Gasteiger partial charge in [0.2, 0.25) is 5.91 Å². The van der Waals surface area contributed by atoms with Crippen LogP contribution in [0.2, 0.25) is 0 Å². The minimum Gasteiger partial charge on any atom is -0.394 e. The van der Waals surface area contributed by atoms with Crippen molar-refractivity contribution in [1.82, 2.24) is 5.32 Å². The topological polar surface area (TPSA) is 228 Å². The third kappa shape index (κ3) is 41.1. The van der Waals surface area contributed by atoms with Crippen LogP contribution in [0.3, 0.4) is 0 Å². The van der Waals surface area contributed by atoms with Crippen molar-refractivity contribution in [1.29, 1.82) is 0 Å². The molecule has 1 amide bonds. The molecule has 0 bridgehead atoms. The Kier molecular flexibility index (Phi) is 52.3. The van der Waals surface area contributed by atoms with Crippen LogP contribution >= 0.6 is 0 Å². The standard InChI is InChI=1S/C73H127NO13/c1-3-5-7-9-11-13-15-17-19-21-23-25-27-28-29-30-31-32-33-35-36-38-40-42-44-46-48-50-52-54-56-62(77)61(60-84-72-70(83)68(81)71(64(59-76)86-72)87-73-69(82)67(80)66(79)63(58-75)85-73)74-65(78)57-55-53-51-49-47-45-43-41-39-37-34-26-24-22-20-18-16-14-12-10-8-6-4-2/h6,8,12,14,18,20,24,26,37-40,46,48,54,56,61-64,66-73,75-77,79-83H,3-5,7,9-11,13,15-17,19,21-23,25,27-36,41-45,47,49-53,55,57-60H2,1-2H3,(H,74,78)/b8-6-,14-12-,20-18-,26-24-,39-37-,40-38+,48-46+,56-54+. The number of hydrogen-bond donors (Lipinski definition) is 9. The van der Waals surface area contributed by atoms with Gasteiger partial charge in [-0.2, -0.15) is 0 Å². The Labute approximate surface area is 528 Å². The lowest BCUT2D eigenvalue weighted by Gasteiger charge is -2.46. The zero-order valence-electron chi connectivity index (χ0n) is 54.5. The van der Waals surface area contributed by atoms with Gasteiger partial charge in [0.25, 0.3) is 0 Å². The molecular weight excluding hydrogens is 1100 g/mol. The van der Waals surface area contributed by atoms with E-state index in [1.54, 1.807) is 6.08 Å². The van der Waals surface area contributed by atoms with Crippen molar-refractivity contribution in [3.05, 3.63) is 97.2 Å². The molecule has 0 aliphatic carbocycles. The molecule has 14 nitrogen and oxygen atoms in total. The van der Waals surface area contributed by atoms with Gasteiger partial charge in [0.1, 0.15) is 48.8 Å². The quantitative estimate of drug-likeness (QED) is 0.0204. The van der Waals surface area contributed by atoms with E-state index >= 15 is 0 Å². The average molecular weight is 1230 g/mol. The molecule has 2 fully saturated rings. The Balaban J connectivity index is 1.72. The molecule has 0 spiro atoms. The fourth-order valence-electron chi connectivity index (χ4n) is 10.9. The molecule has 0 radical (unpaired) electrons. The SMILES string of the molecule is CC/C=C\C/C=C\C/C=C\C/C=C\C/C=C\CCCCCCCCCC(=O)NC(COC1OC(CO)C(OC2OC(CO)C(O)C(O)C2O)C(O)C1O)C(O)/C=C/CC/C=C/CC/C=C/CCCCCCCCCCCCCCCCCCCCCC. The largest absolute Gasteiger partial charge is 0.394 e. The first-order chi connectivity index (χ1) is 42.6. The van der Waals surface area contributed by atoms with Crippen molar-refractivity contribution in [3.63, 3.8) is 0 Å². The van der Waals surface area contributed by atoms with Crippen LogP contribution in [0.4, 0.5) is 0 Å². The van der Waals surface area contributed by atoms with Crippen molar-refractivity contribution < 1.29 is 64.6 Å². The summed E-state index contributed by atoms with van der Waals surface area (Å²) in [6.07, 6.45) is 63.2. The predicted molar refractivity (Wildman–Crippen MR) is 355 cm³/mol. The van der Waals surface area contributed by atoms with Crippen LogP contribution in [0, 0.1) is 0 Å². The van der Waals surface area contributed by atoms with E-state index in [1.807, 2.05) is 6.08 Å². The summed E-state index contributed by atoms with van der Waals surface area (Å²) in [6.45, 7) is 2.67. The number of hydrogen-bond acceptors (Lipinski definition) is 13. The molecule has 87 heavy (non-hydrogen) atoms. The van der Waals surface area contributed by atoms with E-state index in [4.69, 9.17) is 18.9 Å². The number of unbranched alkanes of at least 4 members (excludes halogenated alkanes) is 29. The third-order valence-corrected chi connectivity index (χ3v) is 16.5. The van der Waals surface area contributed by atoms with Crippen molar-refractivity contribution in [2.75, 3.05) is 19.8 Å². The minimum atomic E-state index is -1.80. The van der Waals surface area contributed by atoms with Crippen molar-refractivity contribution >= 4 is 5.91 Å². The molecule has 2 rings (SSSR count). The van der Waals surface area contributed by atoms with E-state index in [9.17, 15) is 45.6 Å². The fraction of sp³-hybridized carbons (Fsp3) is 0.767. The highest BCUT2D eigenvalue weighted by Crippen LogP contribution is 2.30. The molecule has 0 aromatic heterocycles. The molecule has 2 saturated heterocycles. The van der Waals surface area contributed by atoms with Gasteiger partial charge in [-0.3, -0.25) is 4.79 Å². The number of amides is 1. The van der Waals surface area contributed by atoms with Crippen LogP contribution in [0.25, 0.3) is 0 Å². The molecule has 2 aliphatic rings. The molecule has 2 heterocycles. The average Bonchev–Trinajstić information content (AvgIpc) is 2.33. The molecule has 12 atom stereocenters. The Morgan fingerprint density at radius 3 is 1.26 bits per heavy atom. The summed E-state index contributed by atoms with van der Waals surface area (Å²) in [5.74, 6) is -0.266. The first-order valence-electron chi connectivity index (χ1n) is 35.0. The highest BCUT2D eigenvalue weighted by atomic mass is 16.7. The van der Waals surface area contributed by atoms with Gasteiger partial charge >= 0.3 is 0 Å². The van der Waals surface area contributed by atoms with Gasteiger partial charge in [0.05, 0.1) is 32.0 Å². The van der Waals surface area contributed by atoms with E-state index in [0.29, 0.717) is 12.8 Å². The molecule has 2 aliphatic heterocycles. The van der Waals surface area contributed by atoms with Crippen LogP contribution < -0.4 is 5.32 Å². The number of carbonyl (C=O) groups is 1. The highest BCUT2D eigenvalue weighted by Gasteiger charge is 2.51. The zero-order valence-corrected chi connectivity index (χ0v) is 54.5. The maximum absolute atomic E-state index is 13.3. The smallest absolute Gasteiger partial charge is 0.220 e. The van der Waals surface area contributed by atoms with Crippen LogP contribution in [0.15, 0.2) is 97.2 Å². The van der Waals surface area contributed by atoms with Crippen LogP contribution in [0.1, 0.15) is 264 Å². The maximum Gasteiger partial charge on any atom is 0.220 e. The van der Waals surface area contributed by atoms with Crippen molar-refractivity contribution in [2.45, 2.75) is 338 Å². The minimum absolute atomic E-state index is 0.251. The second-order valence-electron chi connectivity index (χ2n) is 24.3. The Morgan fingerprint density at radius 2 is 0.805 bits per heavy atom. The number of allylic oxidation sites excluding steroid dienone is 15. The summed E-state index contributed by atoms with van der Waals surface area (Å²) in [5.41, 5.74) is 0. The number of ether oxygens (including phenoxy) is 4. The van der Waals surface area contributed by atoms with E-state index in [2.05, 4.69) is 104 Å². The monoisotopic (exact) mass is 1230 g/mol. The molecule has 14 heteroatoms. The molecular formula is C73H127NO13. The maximum atomic E-state index is 13.3. The van der Waals surface area contributed by atoms with Crippen molar-refractivity contribution in [3.8, 4) is 0 Å². The predicted octanol–water partition coefficient (Wildman–Crippen LogP) is 14.2. The number of aliphatic hydroxyl groups excluding tert-OH is 8. The summed E-state index contributed by atoms with van der Waals surface area (Å²) < 4.78 is 22.8. The first kappa shape index (κ1) is 80.0. The van der Waals surface area contributed by atoms with E-state index in [-0.39, 0.29) is 18.9 Å². The number of carbonyl (C=O) groups excluding carboxylic acids is 1. The molecule has 502 valence electrons. The molecule has 9 N–H and O–H groups in total. The lowest BCUT2D eigenvalue weighted by atomic mass is 9.97. The van der Waals surface area contributed by atoms with E-state index < -0.39 is 86.8 Å². The van der Waals surface area contributed by atoms with Gasteiger partial charge in [-0.1, -0.05) is 265 Å². The van der Waals surface area contributed by atoms with E-state index in [0.717, 1.165) is 103 Å². The second-order valence-corrected chi connectivity index (χ2v) is 24.3. The Hall–Kier alpha value is -3.09. The summed E-state index contributed by atoms with van der Waals surface area (Å²) in [4.78, 5) is 13.3. The first-order valence-corrected chi connectivity index (χ1v) is 35.0. The molecule has 0 saturated carbocycles. The zero-order chi connectivity index (χ0) is 63.1. The molecule has 0 aromatic rings. The summed E-state index contributed by atoms with van der Waals surface area (Å²) in [5, 5.41) is 87.4. The molecule has 12 unspecified atom stereocenters. The van der Waals surface area contributed by atoms with Gasteiger partial charge in [-0.05, 0) is 89.9 Å². The van der Waals surface area contributed by atoms with Crippen molar-refractivity contribution in [2.24, 2.45) is 0 Å². The Bertz CT molecular complexity index is 1830. The van der Waals surface area contributed by atoms with Gasteiger partial charge in [0.15, 0.2) is 12.6 Å². The summed E-state index contributed by atoms with van der Waals surface area (Å²) in [7, 11) is 0. The highest BCUT2D eigenvalue weighted by molar-refractivity contribution is 5.76. The van der Waals surface area contributed by atoms with Gasteiger partial charge in [0, 0.05) is 6.42 Å². The van der Waals surface area contributed by atoms with Crippen LogP contribution in [-0.2, 0) is 23.7 Å².